The fourth-order valence-corrected chi connectivity index (χ4v) is 2.21. The van der Waals surface area contributed by atoms with Gasteiger partial charge in [0.15, 0.2) is 0 Å². The quantitative estimate of drug-likeness (QED) is 0.884. The van der Waals surface area contributed by atoms with Crippen molar-refractivity contribution in [2.24, 2.45) is 0 Å². The highest BCUT2D eigenvalue weighted by atomic mass is 35.5. The molecule has 1 fully saturated rings. The third-order valence-corrected chi connectivity index (χ3v) is 3.29. The summed E-state index contributed by atoms with van der Waals surface area (Å²) in [5.41, 5.74) is 1.15. The minimum absolute atomic E-state index is 0. The number of benzene rings is 1. The van der Waals surface area contributed by atoms with Crippen LogP contribution in [0.15, 0.2) is 30.3 Å². The van der Waals surface area contributed by atoms with Crippen molar-refractivity contribution >= 4 is 18.3 Å². The number of nitrogens with one attached hydrogen (secondary N) is 2. The Morgan fingerprint density at radius 2 is 2.06 bits per heavy atom. The van der Waals surface area contributed by atoms with Crippen LogP contribution in [0.2, 0.25) is 0 Å². The second-order valence-corrected chi connectivity index (χ2v) is 4.64. The highest BCUT2D eigenvalue weighted by molar-refractivity contribution is 5.85. The fourth-order valence-electron chi connectivity index (χ4n) is 2.21. The summed E-state index contributed by atoms with van der Waals surface area (Å²) < 4.78 is 0. The summed E-state index contributed by atoms with van der Waals surface area (Å²) in [6, 6.07) is 10.1. The molecule has 100 valence electrons. The lowest BCUT2D eigenvalue weighted by Crippen LogP contribution is -2.47. The number of halogens is 1. The van der Waals surface area contributed by atoms with E-state index in [0.717, 1.165) is 24.9 Å². The van der Waals surface area contributed by atoms with E-state index in [1.54, 1.807) is 0 Å². The maximum Gasteiger partial charge on any atom is 0.237 e. The van der Waals surface area contributed by atoms with Crippen LogP contribution in [0.4, 0.5) is 0 Å². The lowest BCUT2D eigenvalue weighted by molar-refractivity contribution is -0.124. The van der Waals surface area contributed by atoms with E-state index in [2.05, 4.69) is 10.6 Å². The molecule has 0 unspecified atom stereocenters. The van der Waals surface area contributed by atoms with E-state index in [4.69, 9.17) is 0 Å². The first-order chi connectivity index (χ1) is 8.27. The van der Waals surface area contributed by atoms with Gasteiger partial charge in [0.05, 0.1) is 12.1 Å². The first kappa shape index (κ1) is 15.0. The van der Waals surface area contributed by atoms with Crippen LogP contribution in [-0.2, 0) is 4.79 Å². The number of piperidine rings is 1. The van der Waals surface area contributed by atoms with Crippen LogP contribution in [-0.4, -0.2) is 18.5 Å². The third kappa shape index (κ3) is 4.00. The van der Waals surface area contributed by atoms with E-state index >= 15 is 0 Å². The molecule has 1 amide bonds. The number of rotatable bonds is 3. The predicted octanol–water partition coefficient (Wildman–Crippen LogP) is 2.43. The van der Waals surface area contributed by atoms with Crippen LogP contribution >= 0.6 is 12.4 Å². The smallest absolute Gasteiger partial charge is 0.237 e. The molecule has 0 bridgehead atoms. The van der Waals surface area contributed by atoms with Crippen molar-refractivity contribution in [3.63, 3.8) is 0 Å². The van der Waals surface area contributed by atoms with Crippen molar-refractivity contribution in [1.82, 2.24) is 10.6 Å². The summed E-state index contributed by atoms with van der Waals surface area (Å²) in [6.45, 7) is 2.98. The molecule has 0 aliphatic carbocycles. The van der Waals surface area contributed by atoms with Crippen LogP contribution in [0.5, 0.6) is 0 Å². The van der Waals surface area contributed by atoms with E-state index in [-0.39, 0.29) is 30.4 Å². The van der Waals surface area contributed by atoms with Gasteiger partial charge in [-0.1, -0.05) is 36.8 Å². The summed E-state index contributed by atoms with van der Waals surface area (Å²) in [5, 5.41) is 6.33. The van der Waals surface area contributed by atoms with E-state index in [9.17, 15) is 4.79 Å². The van der Waals surface area contributed by atoms with Gasteiger partial charge in [-0.2, -0.15) is 0 Å². The maximum absolute atomic E-state index is 12.0. The predicted molar refractivity (Wildman–Crippen MR) is 75.9 cm³/mol. The maximum atomic E-state index is 12.0. The number of amides is 1. The monoisotopic (exact) mass is 268 g/mol. The second kappa shape index (κ2) is 7.39. The third-order valence-electron chi connectivity index (χ3n) is 3.29. The highest BCUT2D eigenvalue weighted by Crippen LogP contribution is 2.13. The van der Waals surface area contributed by atoms with Crippen LogP contribution in [0, 0.1) is 0 Å². The van der Waals surface area contributed by atoms with Crippen molar-refractivity contribution in [3.8, 4) is 0 Å². The Bertz CT molecular complexity index is 363. The minimum atomic E-state index is -0.00471. The Hall–Kier alpha value is -1.06. The SMILES string of the molecule is C[C@@H](NC(=O)[C@@H]1CCCCN1)c1ccccc1.Cl. The zero-order valence-corrected chi connectivity index (χ0v) is 11.5. The van der Waals surface area contributed by atoms with Gasteiger partial charge >= 0.3 is 0 Å². The standard InChI is InChI=1S/C14H20N2O.ClH/c1-11(12-7-3-2-4-8-12)16-14(17)13-9-5-6-10-15-13;/h2-4,7-8,11,13,15H,5-6,9-10H2,1H3,(H,16,17);1H/t11-,13+;/m1./s1. The van der Waals surface area contributed by atoms with Gasteiger partial charge in [-0.15, -0.1) is 12.4 Å². The zero-order valence-electron chi connectivity index (χ0n) is 10.7. The molecule has 1 aromatic carbocycles. The van der Waals surface area contributed by atoms with Crippen molar-refractivity contribution < 1.29 is 4.79 Å². The molecule has 2 N–H and O–H groups in total. The zero-order chi connectivity index (χ0) is 12.1. The Balaban J connectivity index is 0.00000162. The van der Waals surface area contributed by atoms with Crippen molar-refractivity contribution in [2.75, 3.05) is 6.54 Å². The number of carbonyl (C=O) groups excluding carboxylic acids is 1. The van der Waals surface area contributed by atoms with E-state index in [1.165, 1.54) is 6.42 Å². The minimum Gasteiger partial charge on any atom is -0.348 e. The molecular formula is C14H21ClN2O. The van der Waals surface area contributed by atoms with Gasteiger partial charge in [-0.05, 0) is 31.9 Å². The first-order valence-corrected chi connectivity index (χ1v) is 6.36. The van der Waals surface area contributed by atoms with Gasteiger partial charge in [0.1, 0.15) is 0 Å². The number of hydrogen-bond acceptors (Lipinski definition) is 2. The Morgan fingerprint density at radius 3 is 2.67 bits per heavy atom. The average molecular weight is 269 g/mol. The molecule has 18 heavy (non-hydrogen) atoms. The highest BCUT2D eigenvalue weighted by Gasteiger charge is 2.21. The van der Waals surface area contributed by atoms with Crippen LogP contribution in [0.3, 0.4) is 0 Å². The molecule has 1 aromatic rings. The van der Waals surface area contributed by atoms with Crippen molar-refractivity contribution in [2.45, 2.75) is 38.3 Å². The molecule has 2 rings (SSSR count). The molecule has 1 aliphatic rings. The number of hydrogen-bond donors (Lipinski definition) is 2. The molecule has 0 spiro atoms. The molecule has 0 saturated carbocycles. The summed E-state index contributed by atoms with van der Waals surface area (Å²) in [6.07, 6.45) is 3.27. The summed E-state index contributed by atoms with van der Waals surface area (Å²) >= 11 is 0. The van der Waals surface area contributed by atoms with Crippen LogP contribution in [0.1, 0.15) is 37.8 Å². The van der Waals surface area contributed by atoms with Crippen molar-refractivity contribution in [1.29, 1.82) is 0 Å². The molecular weight excluding hydrogens is 248 g/mol. The van der Waals surface area contributed by atoms with Gasteiger partial charge < -0.3 is 10.6 Å². The van der Waals surface area contributed by atoms with Gasteiger partial charge in [0.25, 0.3) is 0 Å². The molecule has 1 saturated heterocycles. The van der Waals surface area contributed by atoms with E-state index in [0.29, 0.717) is 0 Å². The Kier molecular flexibility index (Phi) is 6.16. The molecule has 1 heterocycles. The van der Waals surface area contributed by atoms with Gasteiger partial charge in [-0.3, -0.25) is 4.79 Å². The van der Waals surface area contributed by atoms with E-state index in [1.807, 2.05) is 37.3 Å². The van der Waals surface area contributed by atoms with Gasteiger partial charge in [-0.25, -0.2) is 0 Å². The van der Waals surface area contributed by atoms with Crippen LogP contribution < -0.4 is 10.6 Å². The molecule has 3 nitrogen and oxygen atoms in total. The lowest BCUT2D eigenvalue weighted by atomic mass is 10.0. The van der Waals surface area contributed by atoms with Gasteiger partial charge in [0, 0.05) is 0 Å². The summed E-state index contributed by atoms with van der Waals surface area (Å²) in [4.78, 5) is 12.0. The Morgan fingerprint density at radius 1 is 1.33 bits per heavy atom. The first-order valence-electron chi connectivity index (χ1n) is 6.36. The molecule has 0 radical (unpaired) electrons. The fraction of sp³-hybridized carbons (Fsp3) is 0.500. The Labute approximate surface area is 115 Å². The largest absolute Gasteiger partial charge is 0.348 e. The molecule has 4 heteroatoms. The van der Waals surface area contributed by atoms with Crippen molar-refractivity contribution in [3.05, 3.63) is 35.9 Å². The average Bonchev–Trinajstić information content (AvgIpc) is 2.40. The second-order valence-electron chi connectivity index (χ2n) is 4.64. The lowest BCUT2D eigenvalue weighted by Gasteiger charge is -2.24. The summed E-state index contributed by atoms with van der Waals surface area (Å²) in [7, 11) is 0. The van der Waals surface area contributed by atoms with Crippen LogP contribution in [0.25, 0.3) is 0 Å². The topological polar surface area (TPSA) is 41.1 Å². The number of carbonyl (C=O) groups is 1. The van der Waals surface area contributed by atoms with E-state index < -0.39 is 0 Å². The summed E-state index contributed by atoms with van der Waals surface area (Å²) in [5.74, 6) is 0.126. The normalized spacial score (nSPS) is 20.6. The molecule has 2 atom stereocenters. The molecule has 1 aliphatic heterocycles. The molecule has 0 aromatic heterocycles. The van der Waals surface area contributed by atoms with Gasteiger partial charge in [0.2, 0.25) is 5.91 Å².